The maximum absolute atomic E-state index is 13.0. The summed E-state index contributed by atoms with van der Waals surface area (Å²) in [5, 5.41) is 9.67. The largest absolute Gasteiger partial charge is 0.407 e. The van der Waals surface area contributed by atoms with E-state index in [1.54, 1.807) is 24.3 Å². The van der Waals surface area contributed by atoms with E-state index in [9.17, 15) is 13.9 Å². The minimum absolute atomic E-state index is 0.170. The van der Waals surface area contributed by atoms with E-state index in [-0.39, 0.29) is 5.56 Å². The van der Waals surface area contributed by atoms with Gasteiger partial charge in [0, 0.05) is 0 Å². The average molecular weight is 260 g/mol. The zero-order valence-corrected chi connectivity index (χ0v) is 9.81. The molecule has 0 bridgehead atoms. The van der Waals surface area contributed by atoms with Crippen LogP contribution in [0.1, 0.15) is 11.7 Å². The van der Waals surface area contributed by atoms with Gasteiger partial charge in [-0.15, -0.1) is 0 Å². The van der Waals surface area contributed by atoms with Crippen molar-refractivity contribution >= 4 is 0 Å². The van der Waals surface area contributed by atoms with Crippen molar-refractivity contribution < 1.29 is 18.6 Å². The summed E-state index contributed by atoms with van der Waals surface area (Å²) in [5.74, 6) is 0.929. The molecule has 0 aliphatic carbocycles. The monoisotopic (exact) mass is 260 g/mol. The zero-order valence-electron chi connectivity index (χ0n) is 9.81. The van der Waals surface area contributed by atoms with Gasteiger partial charge in [0.25, 0.3) is 0 Å². The van der Waals surface area contributed by atoms with Crippen molar-refractivity contribution in [2.45, 2.75) is 6.10 Å². The molecule has 2 nitrogen and oxygen atoms in total. The summed E-state index contributed by atoms with van der Waals surface area (Å²) in [6.07, 6.45) is 1.08. The molecule has 4 heteroatoms. The molecule has 0 fully saturated rings. The Bertz CT molecular complexity index is 615. The van der Waals surface area contributed by atoms with Crippen LogP contribution in [0.4, 0.5) is 8.78 Å². The van der Waals surface area contributed by atoms with Gasteiger partial charge in [0.2, 0.25) is 0 Å². The van der Waals surface area contributed by atoms with Gasteiger partial charge in [-0.2, -0.15) is 0 Å². The van der Waals surface area contributed by atoms with E-state index in [1.807, 2.05) is 6.07 Å². The molecular weight excluding hydrogens is 250 g/mol. The van der Waals surface area contributed by atoms with Crippen molar-refractivity contribution in [3.8, 4) is 17.8 Å². The summed E-state index contributed by atoms with van der Waals surface area (Å²) in [7, 11) is 0. The Balaban J connectivity index is 2.05. The first-order valence-corrected chi connectivity index (χ1v) is 5.52. The summed E-state index contributed by atoms with van der Waals surface area (Å²) >= 11 is 0. The van der Waals surface area contributed by atoms with Crippen LogP contribution in [0.3, 0.4) is 0 Å². The highest BCUT2D eigenvalue weighted by atomic mass is 19.2. The Morgan fingerprint density at radius 3 is 2.42 bits per heavy atom. The maximum Gasteiger partial charge on any atom is 0.159 e. The molecule has 0 heterocycles. The minimum Gasteiger partial charge on any atom is -0.407 e. The van der Waals surface area contributed by atoms with Gasteiger partial charge in [-0.3, -0.25) is 0 Å². The third-order valence-corrected chi connectivity index (χ3v) is 2.37. The quantitative estimate of drug-likeness (QED) is 0.841. The molecule has 0 radical (unpaired) electrons. The summed E-state index contributed by atoms with van der Waals surface area (Å²) in [6.45, 7) is 0. The maximum atomic E-state index is 13.0. The molecule has 2 aromatic carbocycles. The number of para-hydroxylation sites is 1. The molecule has 0 aliphatic heterocycles. The topological polar surface area (TPSA) is 29.5 Å². The van der Waals surface area contributed by atoms with Gasteiger partial charge in [0.05, 0.1) is 0 Å². The second-order valence-corrected chi connectivity index (χ2v) is 3.74. The highest BCUT2D eigenvalue weighted by Gasteiger charge is 2.08. The van der Waals surface area contributed by atoms with Crippen molar-refractivity contribution in [2.75, 3.05) is 0 Å². The molecule has 0 aliphatic rings. The van der Waals surface area contributed by atoms with Crippen molar-refractivity contribution in [2.24, 2.45) is 0 Å². The molecule has 1 atom stereocenters. The predicted octanol–water partition coefficient (Wildman–Crippen LogP) is 3.04. The Labute approximate surface area is 109 Å². The van der Waals surface area contributed by atoms with E-state index in [1.165, 1.54) is 6.07 Å². The normalized spacial score (nSPS) is 11.3. The van der Waals surface area contributed by atoms with E-state index in [0.717, 1.165) is 12.1 Å². The van der Waals surface area contributed by atoms with Crippen molar-refractivity contribution in [1.29, 1.82) is 0 Å². The van der Waals surface area contributed by atoms with Crippen LogP contribution >= 0.6 is 0 Å². The average Bonchev–Trinajstić information content (AvgIpc) is 2.43. The Morgan fingerprint density at radius 2 is 1.74 bits per heavy atom. The van der Waals surface area contributed by atoms with Crippen LogP contribution in [-0.4, -0.2) is 5.11 Å². The molecule has 0 amide bonds. The van der Waals surface area contributed by atoms with Crippen LogP contribution in [0.15, 0.2) is 48.5 Å². The van der Waals surface area contributed by atoms with E-state index >= 15 is 0 Å². The van der Waals surface area contributed by atoms with Crippen molar-refractivity contribution in [1.82, 2.24) is 0 Å². The predicted molar refractivity (Wildman–Crippen MR) is 66.2 cm³/mol. The fraction of sp³-hybridized carbons (Fsp3) is 0.0667. The Hall–Kier alpha value is -2.38. The molecule has 0 aromatic heterocycles. The first kappa shape index (κ1) is 13.1. The van der Waals surface area contributed by atoms with Crippen LogP contribution in [0, 0.1) is 23.7 Å². The van der Waals surface area contributed by atoms with Gasteiger partial charge in [-0.05, 0) is 35.7 Å². The summed E-state index contributed by atoms with van der Waals surface area (Å²) < 4.78 is 30.7. The van der Waals surface area contributed by atoms with Crippen LogP contribution in [0.5, 0.6) is 5.75 Å². The van der Waals surface area contributed by atoms with Gasteiger partial charge in [0.1, 0.15) is 18.0 Å². The second kappa shape index (κ2) is 5.98. The van der Waals surface area contributed by atoms with E-state index < -0.39 is 17.7 Å². The van der Waals surface area contributed by atoms with Crippen LogP contribution in [0.25, 0.3) is 0 Å². The lowest BCUT2D eigenvalue weighted by Crippen LogP contribution is -1.97. The van der Waals surface area contributed by atoms with Gasteiger partial charge in [0.15, 0.2) is 11.6 Å². The summed E-state index contributed by atoms with van der Waals surface area (Å²) in [4.78, 5) is 0. The standard InChI is InChI=1S/C15H10F2O2/c16-13-7-6-11(10-14(13)17)15(18)8-9-19-12-4-2-1-3-5-12/h1-7,10,15,18H. The fourth-order valence-corrected chi connectivity index (χ4v) is 1.40. The van der Waals surface area contributed by atoms with Gasteiger partial charge in [-0.25, -0.2) is 8.78 Å². The first-order chi connectivity index (χ1) is 9.16. The molecule has 96 valence electrons. The lowest BCUT2D eigenvalue weighted by molar-refractivity contribution is 0.236. The minimum atomic E-state index is -1.24. The number of halogens is 2. The number of aliphatic hydroxyl groups excluding tert-OH is 1. The molecular formula is C15H10F2O2. The molecule has 0 spiro atoms. The summed E-state index contributed by atoms with van der Waals surface area (Å²) in [6, 6.07) is 11.9. The van der Waals surface area contributed by atoms with Gasteiger partial charge < -0.3 is 9.84 Å². The number of ether oxygens (including phenoxy) is 1. The molecule has 1 N–H and O–H groups in total. The van der Waals surface area contributed by atoms with Crippen LogP contribution < -0.4 is 4.74 Å². The second-order valence-electron chi connectivity index (χ2n) is 3.74. The van der Waals surface area contributed by atoms with Gasteiger partial charge >= 0.3 is 0 Å². The SMILES string of the molecule is OC(C#COc1ccccc1)c1ccc(F)c(F)c1. The molecule has 1 unspecified atom stereocenters. The zero-order chi connectivity index (χ0) is 13.7. The highest BCUT2D eigenvalue weighted by molar-refractivity contribution is 5.27. The van der Waals surface area contributed by atoms with Crippen LogP contribution in [-0.2, 0) is 0 Å². The summed E-state index contributed by atoms with van der Waals surface area (Å²) in [5.41, 5.74) is 0.170. The Kier molecular flexibility index (Phi) is 4.11. The Morgan fingerprint density at radius 1 is 1.00 bits per heavy atom. The number of hydrogen-bond acceptors (Lipinski definition) is 2. The number of hydrogen-bond donors (Lipinski definition) is 1. The van der Waals surface area contributed by atoms with E-state index in [4.69, 9.17) is 4.74 Å². The lowest BCUT2D eigenvalue weighted by atomic mass is 10.1. The fourth-order valence-electron chi connectivity index (χ4n) is 1.40. The van der Waals surface area contributed by atoms with E-state index in [2.05, 4.69) is 12.0 Å². The number of benzene rings is 2. The molecule has 19 heavy (non-hydrogen) atoms. The molecule has 2 rings (SSSR count). The number of aliphatic hydroxyl groups is 1. The van der Waals surface area contributed by atoms with E-state index in [0.29, 0.717) is 5.75 Å². The molecule has 2 aromatic rings. The highest BCUT2D eigenvalue weighted by Crippen LogP contribution is 2.15. The number of rotatable bonds is 2. The van der Waals surface area contributed by atoms with Crippen LogP contribution in [0.2, 0.25) is 0 Å². The molecule has 0 saturated carbocycles. The third kappa shape index (κ3) is 3.54. The third-order valence-electron chi connectivity index (χ3n) is 2.37. The smallest absolute Gasteiger partial charge is 0.159 e. The first-order valence-electron chi connectivity index (χ1n) is 5.52. The van der Waals surface area contributed by atoms with Crippen molar-refractivity contribution in [3.63, 3.8) is 0 Å². The lowest BCUT2D eigenvalue weighted by Gasteiger charge is -2.03. The van der Waals surface area contributed by atoms with Gasteiger partial charge in [-0.1, -0.05) is 24.3 Å². The van der Waals surface area contributed by atoms with Crippen molar-refractivity contribution in [3.05, 3.63) is 65.7 Å². The molecule has 0 saturated heterocycles.